The zero-order valence-corrected chi connectivity index (χ0v) is 16.0. The van der Waals surface area contributed by atoms with E-state index in [1.54, 1.807) is 14.2 Å². The molecule has 2 fully saturated rings. The van der Waals surface area contributed by atoms with Gasteiger partial charge in [-0.15, -0.1) is 0 Å². The first-order valence-corrected chi connectivity index (χ1v) is 9.99. The highest BCUT2D eigenvalue weighted by Crippen LogP contribution is 2.38. The van der Waals surface area contributed by atoms with E-state index in [9.17, 15) is 0 Å². The van der Waals surface area contributed by atoms with Gasteiger partial charge >= 0.3 is 0 Å². The second kappa shape index (κ2) is 7.68. The molecule has 0 atom stereocenters. The third-order valence-corrected chi connectivity index (χ3v) is 5.82. The Morgan fingerprint density at radius 2 is 1.50 bits per heavy atom. The molecule has 1 saturated carbocycles. The van der Waals surface area contributed by atoms with Gasteiger partial charge in [0.1, 0.15) is 11.6 Å². The molecule has 140 valence electrons. The van der Waals surface area contributed by atoms with Crippen LogP contribution in [-0.2, 0) is 0 Å². The molecule has 0 bridgehead atoms. The van der Waals surface area contributed by atoms with E-state index in [1.165, 1.54) is 51.4 Å². The van der Waals surface area contributed by atoms with E-state index in [0.717, 1.165) is 47.1 Å². The normalized spacial score (nSPS) is 18.9. The van der Waals surface area contributed by atoms with E-state index in [2.05, 4.69) is 4.90 Å². The van der Waals surface area contributed by atoms with Crippen LogP contribution in [0.25, 0.3) is 10.9 Å². The smallest absolute Gasteiger partial charge is 0.162 e. The summed E-state index contributed by atoms with van der Waals surface area (Å²) in [7, 11) is 3.36. The van der Waals surface area contributed by atoms with Crippen molar-refractivity contribution in [3.8, 4) is 11.5 Å². The maximum Gasteiger partial charge on any atom is 0.162 e. The Balaban J connectivity index is 1.85. The summed E-state index contributed by atoms with van der Waals surface area (Å²) in [4.78, 5) is 12.5. The van der Waals surface area contributed by atoms with Gasteiger partial charge in [-0.3, -0.25) is 0 Å². The standard InChI is InChI=1S/C21H29N3O2/c1-25-18-13-16-17(14-19(18)26-2)22-20(15-9-5-3-6-10-15)23-21(16)24-11-7-4-8-12-24/h13-15H,3-12H2,1-2H3. The average Bonchev–Trinajstić information content (AvgIpc) is 2.73. The highest BCUT2D eigenvalue weighted by molar-refractivity contribution is 5.92. The van der Waals surface area contributed by atoms with Gasteiger partial charge in [0.25, 0.3) is 0 Å². The summed E-state index contributed by atoms with van der Waals surface area (Å²) in [5.74, 6) is 4.07. The first-order valence-electron chi connectivity index (χ1n) is 9.99. The molecule has 0 spiro atoms. The molecule has 2 heterocycles. The number of fused-ring (bicyclic) bond motifs is 1. The Bertz CT molecular complexity index is 765. The predicted molar refractivity (Wildman–Crippen MR) is 105 cm³/mol. The fourth-order valence-electron chi connectivity index (χ4n) is 4.35. The molecule has 4 rings (SSSR count). The Hall–Kier alpha value is -2.04. The van der Waals surface area contributed by atoms with Crippen molar-refractivity contribution < 1.29 is 9.47 Å². The maximum absolute atomic E-state index is 5.53. The van der Waals surface area contributed by atoms with Crippen LogP contribution in [0.15, 0.2) is 12.1 Å². The Morgan fingerprint density at radius 3 is 2.19 bits per heavy atom. The molecule has 0 unspecified atom stereocenters. The molecule has 2 aromatic rings. The predicted octanol–water partition coefficient (Wildman–Crippen LogP) is 4.69. The average molecular weight is 355 g/mol. The van der Waals surface area contributed by atoms with Gasteiger partial charge in [-0.25, -0.2) is 9.97 Å². The number of hydrogen-bond donors (Lipinski definition) is 0. The van der Waals surface area contributed by atoms with Crippen molar-refractivity contribution in [2.45, 2.75) is 57.3 Å². The van der Waals surface area contributed by atoms with Crippen molar-refractivity contribution >= 4 is 16.7 Å². The molecule has 1 saturated heterocycles. The summed E-state index contributed by atoms with van der Waals surface area (Å²) in [6.07, 6.45) is 10.1. The number of anilines is 1. The minimum atomic E-state index is 0.491. The molecule has 26 heavy (non-hydrogen) atoms. The molecule has 0 N–H and O–H groups in total. The highest BCUT2D eigenvalue weighted by atomic mass is 16.5. The molecule has 1 aromatic carbocycles. The number of aromatic nitrogens is 2. The van der Waals surface area contributed by atoms with Crippen LogP contribution in [0, 0.1) is 0 Å². The van der Waals surface area contributed by atoms with E-state index in [0.29, 0.717) is 5.92 Å². The minimum Gasteiger partial charge on any atom is -0.493 e. The molecule has 1 aliphatic carbocycles. The molecule has 5 heteroatoms. The molecule has 1 aromatic heterocycles. The van der Waals surface area contributed by atoms with E-state index in [-0.39, 0.29) is 0 Å². The number of methoxy groups -OCH3 is 2. The molecule has 5 nitrogen and oxygen atoms in total. The molecular formula is C21H29N3O2. The topological polar surface area (TPSA) is 47.5 Å². The van der Waals surface area contributed by atoms with Crippen molar-refractivity contribution in [3.63, 3.8) is 0 Å². The number of hydrogen-bond acceptors (Lipinski definition) is 5. The molecule has 0 amide bonds. The van der Waals surface area contributed by atoms with Crippen LogP contribution in [0.4, 0.5) is 5.82 Å². The number of rotatable bonds is 4. The van der Waals surface area contributed by atoms with Gasteiger partial charge in [0.2, 0.25) is 0 Å². The minimum absolute atomic E-state index is 0.491. The zero-order chi connectivity index (χ0) is 17.9. The summed E-state index contributed by atoms with van der Waals surface area (Å²) >= 11 is 0. The third kappa shape index (κ3) is 3.31. The van der Waals surface area contributed by atoms with Crippen LogP contribution in [0.2, 0.25) is 0 Å². The van der Waals surface area contributed by atoms with Crippen LogP contribution in [0.3, 0.4) is 0 Å². The summed E-state index contributed by atoms with van der Waals surface area (Å²) in [5.41, 5.74) is 0.971. The van der Waals surface area contributed by atoms with Gasteiger partial charge in [0, 0.05) is 30.5 Å². The van der Waals surface area contributed by atoms with Crippen LogP contribution in [0.1, 0.15) is 63.1 Å². The zero-order valence-electron chi connectivity index (χ0n) is 16.0. The van der Waals surface area contributed by atoms with Gasteiger partial charge in [0.15, 0.2) is 11.5 Å². The second-order valence-electron chi connectivity index (χ2n) is 7.51. The van der Waals surface area contributed by atoms with Crippen molar-refractivity contribution in [2.24, 2.45) is 0 Å². The summed E-state index contributed by atoms with van der Waals surface area (Å²) in [5, 5.41) is 1.07. The largest absolute Gasteiger partial charge is 0.493 e. The van der Waals surface area contributed by atoms with E-state index in [4.69, 9.17) is 19.4 Å². The van der Waals surface area contributed by atoms with E-state index >= 15 is 0 Å². The number of piperidine rings is 1. The van der Waals surface area contributed by atoms with Crippen LogP contribution in [0.5, 0.6) is 11.5 Å². The Morgan fingerprint density at radius 1 is 0.846 bits per heavy atom. The lowest BCUT2D eigenvalue weighted by Crippen LogP contribution is -2.31. The van der Waals surface area contributed by atoms with Gasteiger partial charge in [-0.05, 0) is 38.2 Å². The van der Waals surface area contributed by atoms with E-state index in [1.807, 2.05) is 12.1 Å². The first-order chi connectivity index (χ1) is 12.8. The second-order valence-corrected chi connectivity index (χ2v) is 7.51. The lowest BCUT2D eigenvalue weighted by Gasteiger charge is -2.30. The van der Waals surface area contributed by atoms with Crippen LogP contribution >= 0.6 is 0 Å². The summed E-state index contributed by atoms with van der Waals surface area (Å²) in [6, 6.07) is 4.05. The quantitative estimate of drug-likeness (QED) is 0.796. The van der Waals surface area contributed by atoms with Crippen LogP contribution < -0.4 is 14.4 Å². The van der Waals surface area contributed by atoms with Gasteiger partial charge in [0.05, 0.1) is 19.7 Å². The fourth-order valence-corrected chi connectivity index (χ4v) is 4.35. The number of benzene rings is 1. The molecule has 2 aliphatic rings. The maximum atomic E-state index is 5.53. The Labute approximate surface area is 155 Å². The first kappa shape index (κ1) is 17.4. The van der Waals surface area contributed by atoms with Gasteiger partial charge in [-0.2, -0.15) is 0 Å². The van der Waals surface area contributed by atoms with Crippen molar-refractivity contribution in [1.29, 1.82) is 0 Å². The lowest BCUT2D eigenvalue weighted by molar-refractivity contribution is 0.355. The molecule has 1 aliphatic heterocycles. The number of ether oxygens (including phenoxy) is 2. The molecular weight excluding hydrogens is 326 g/mol. The van der Waals surface area contributed by atoms with Crippen molar-refractivity contribution in [1.82, 2.24) is 9.97 Å². The summed E-state index contributed by atoms with van der Waals surface area (Å²) in [6.45, 7) is 2.15. The third-order valence-electron chi connectivity index (χ3n) is 5.82. The monoisotopic (exact) mass is 355 g/mol. The summed E-state index contributed by atoms with van der Waals surface area (Å²) < 4.78 is 11.1. The fraction of sp³-hybridized carbons (Fsp3) is 0.619. The van der Waals surface area contributed by atoms with Crippen molar-refractivity contribution in [2.75, 3.05) is 32.2 Å². The van der Waals surface area contributed by atoms with Crippen LogP contribution in [-0.4, -0.2) is 37.3 Å². The van der Waals surface area contributed by atoms with Gasteiger partial charge < -0.3 is 14.4 Å². The SMILES string of the molecule is COc1cc2nc(C3CCCCC3)nc(N3CCCCC3)c2cc1OC. The van der Waals surface area contributed by atoms with Gasteiger partial charge in [-0.1, -0.05) is 19.3 Å². The highest BCUT2D eigenvalue weighted by Gasteiger charge is 2.23. The van der Waals surface area contributed by atoms with Crippen molar-refractivity contribution in [3.05, 3.63) is 18.0 Å². The number of nitrogens with zero attached hydrogens (tertiary/aromatic N) is 3. The lowest BCUT2D eigenvalue weighted by atomic mass is 9.88. The van der Waals surface area contributed by atoms with E-state index < -0.39 is 0 Å². The Kier molecular flexibility index (Phi) is 5.14. The molecule has 0 radical (unpaired) electrons.